The van der Waals surface area contributed by atoms with E-state index in [1.165, 1.54) is 18.4 Å². The van der Waals surface area contributed by atoms with Crippen LogP contribution in [0.15, 0.2) is 0 Å². The van der Waals surface area contributed by atoms with Crippen LogP contribution in [-0.2, 0) is 22.3 Å². The van der Waals surface area contributed by atoms with Crippen LogP contribution in [0.1, 0.15) is 24.1 Å². The van der Waals surface area contributed by atoms with Crippen molar-refractivity contribution in [2.24, 2.45) is 11.3 Å². The zero-order chi connectivity index (χ0) is 15.2. The van der Waals surface area contributed by atoms with Crippen molar-refractivity contribution >= 4 is 11.8 Å². The molecule has 120 valence electrons. The van der Waals surface area contributed by atoms with Gasteiger partial charge in [-0.15, -0.1) is 0 Å². The van der Waals surface area contributed by atoms with Crippen molar-refractivity contribution in [3.63, 3.8) is 0 Å². The Morgan fingerprint density at radius 3 is 3.09 bits per heavy atom. The van der Waals surface area contributed by atoms with Gasteiger partial charge in [0.1, 0.15) is 5.82 Å². The van der Waals surface area contributed by atoms with Crippen molar-refractivity contribution in [1.29, 1.82) is 0 Å². The summed E-state index contributed by atoms with van der Waals surface area (Å²) in [5, 5.41) is 0. The van der Waals surface area contributed by atoms with Crippen molar-refractivity contribution in [3.05, 3.63) is 11.3 Å². The van der Waals surface area contributed by atoms with E-state index in [9.17, 15) is 0 Å². The van der Waals surface area contributed by atoms with Crippen LogP contribution in [0, 0.1) is 11.3 Å². The topological polar surface area (TPSA) is 73.5 Å². The third kappa shape index (κ3) is 2.16. The van der Waals surface area contributed by atoms with Gasteiger partial charge < -0.3 is 20.1 Å². The summed E-state index contributed by atoms with van der Waals surface area (Å²) in [7, 11) is 1.78. The second-order valence-corrected chi connectivity index (χ2v) is 6.93. The third-order valence-corrected chi connectivity index (χ3v) is 5.43. The standard InChI is InChI=1S/C16H24N4O2/c1-21-9-16-8-20(6-11(16)7-22-10-16)14-12-4-2-3-5-13(12)18-15(17)19-14/h11H,2-10H2,1H3,(H2,17,18,19)/t11-,16-/m0/s1. The molecule has 1 aromatic rings. The van der Waals surface area contributed by atoms with Gasteiger partial charge in [-0.05, 0) is 25.7 Å². The van der Waals surface area contributed by atoms with Crippen LogP contribution in [0.4, 0.5) is 11.8 Å². The van der Waals surface area contributed by atoms with Crippen LogP contribution in [0.25, 0.3) is 0 Å². The molecule has 0 spiro atoms. The summed E-state index contributed by atoms with van der Waals surface area (Å²) in [6, 6.07) is 0. The fourth-order valence-corrected chi connectivity index (χ4v) is 4.34. The zero-order valence-corrected chi connectivity index (χ0v) is 13.2. The predicted octanol–water partition coefficient (Wildman–Crippen LogP) is 1.04. The van der Waals surface area contributed by atoms with E-state index >= 15 is 0 Å². The molecule has 2 N–H and O–H groups in total. The first kappa shape index (κ1) is 14.2. The molecule has 0 unspecified atom stereocenters. The number of ether oxygens (including phenoxy) is 2. The van der Waals surface area contributed by atoms with E-state index in [2.05, 4.69) is 14.9 Å². The van der Waals surface area contributed by atoms with Crippen LogP contribution < -0.4 is 10.6 Å². The average molecular weight is 304 g/mol. The Hall–Kier alpha value is -1.40. The van der Waals surface area contributed by atoms with Crippen molar-refractivity contribution in [1.82, 2.24) is 9.97 Å². The Kier molecular flexibility index (Phi) is 3.46. The number of rotatable bonds is 3. The summed E-state index contributed by atoms with van der Waals surface area (Å²) in [4.78, 5) is 11.5. The molecule has 0 aromatic carbocycles. The average Bonchev–Trinajstić information content (AvgIpc) is 3.03. The van der Waals surface area contributed by atoms with Gasteiger partial charge in [0.2, 0.25) is 5.95 Å². The van der Waals surface area contributed by atoms with Crippen LogP contribution >= 0.6 is 0 Å². The van der Waals surface area contributed by atoms with E-state index in [-0.39, 0.29) is 5.41 Å². The zero-order valence-electron chi connectivity index (χ0n) is 13.2. The lowest BCUT2D eigenvalue weighted by Crippen LogP contribution is -2.35. The molecule has 2 saturated heterocycles. The summed E-state index contributed by atoms with van der Waals surface area (Å²) in [5.74, 6) is 1.99. The van der Waals surface area contributed by atoms with E-state index in [1.807, 2.05) is 0 Å². The summed E-state index contributed by atoms with van der Waals surface area (Å²) in [6.45, 7) is 4.27. The molecule has 1 aromatic heterocycles. The van der Waals surface area contributed by atoms with Gasteiger partial charge >= 0.3 is 0 Å². The molecule has 2 aliphatic heterocycles. The molecule has 6 nitrogen and oxygen atoms in total. The minimum absolute atomic E-state index is 0.107. The van der Waals surface area contributed by atoms with Crippen LogP contribution in [0.3, 0.4) is 0 Å². The van der Waals surface area contributed by atoms with Gasteiger partial charge in [0.25, 0.3) is 0 Å². The molecule has 3 heterocycles. The van der Waals surface area contributed by atoms with Gasteiger partial charge in [0.05, 0.1) is 25.5 Å². The fraction of sp³-hybridized carbons (Fsp3) is 0.750. The summed E-state index contributed by atoms with van der Waals surface area (Å²) in [5.41, 5.74) is 8.54. The molecule has 2 atom stereocenters. The van der Waals surface area contributed by atoms with E-state index in [4.69, 9.17) is 15.2 Å². The lowest BCUT2D eigenvalue weighted by Gasteiger charge is -2.28. The van der Waals surface area contributed by atoms with E-state index in [1.54, 1.807) is 7.11 Å². The normalized spacial score (nSPS) is 30.4. The number of nitrogens with two attached hydrogens (primary N) is 1. The summed E-state index contributed by atoms with van der Waals surface area (Å²) >= 11 is 0. The third-order valence-electron chi connectivity index (χ3n) is 5.43. The Bertz CT molecular complexity index is 580. The van der Waals surface area contributed by atoms with Crippen LogP contribution in [0.5, 0.6) is 0 Å². The summed E-state index contributed by atoms with van der Waals surface area (Å²) < 4.78 is 11.2. The van der Waals surface area contributed by atoms with Gasteiger partial charge in [0, 0.05) is 37.1 Å². The van der Waals surface area contributed by atoms with Gasteiger partial charge in [-0.1, -0.05) is 0 Å². The van der Waals surface area contributed by atoms with Gasteiger partial charge in [-0.2, -0.15) is 4.98 Å². The molecule has 0 saturated carbocycles. The van der Waals surface area contributed by atoms with Gasteiger partial charge in [0.15, 0.2) is 0 Å². The minimum atomic E-state index is 0.107. The smallest absolute Gasteiger partial charge is 0.222 e. The number of nitrogens with zero attached hydrogens (tertiary/aromatic N) is 3. The first-order valence-corrected chi connectivity index (χ1v) is 8.19. The highest BCUT2D eigenvalue weighted by atomic mass is 16.5. The number of anilines is 2. The molecule has 3 aliphatic rings. The maximum absolute atomic E-state index is 5.96. The van der Waals surface area contributed by atoms with Crippen LogP contribution in [0.2, 0.25) is 0 Å². The number of hydrogen-bond acceptors (Lipinski definition) is 6. The first-order valence-electron chi connectivity index (χ1n) is 8.19. The van der Waals surface area contributed by atoms with E-state index in [0.717, 1.165) is 57.3 Å². The molecular formula is C16H24N4O2. The van der Waals surface area contributed by atoms with Crippen LogP contribution in [-0.4, -0.2) is 50.0 Å². The quantitative estimate of drug-likeness (QED) is 0.899. The molecule has 2 fully saturated rings. The Morgan fingerprint density at radius 1 is 1.36 bits per heavy atom. The van der Waals surface area contributed by atoms with Crippen molar-refractivity contribution in [3.8, 4) is 0 Å². The van der Waals surface area contributed by atoms with Crippen molar-refractivity contribution < 1.29 is 9.47 Å². The van der Waals surface area contributed by atoms with Crippen molar-refractivity contribution in [2.75, 3.05) is 50.7 Å². The molecule has 6 heteroatoms. The molecular weight excluding hydrogens is 280 g/mol. The second kappa shape index (κ2) is 5.35. The highest BCUT2D eigenvalue weighted by molar-refractivity contribution is 5.54. The van der Waals surface area contributed by atoms with Gasteiger partial charge in [-0.25, -0.2) is 4.98 Å². The largest absolute Gasteiger partial charge is 0.384 e. The Balaban J connectivity index is 1.67. The van der Waals surface area contributed by atoms with E-state index < -0.39 is 0 Å². The number of aryl methyl sites for hydroxylation is 1. The lowest BCUT2D eigenvalue weighted by molar-refractivity contribution is 0.0660. The molecule has 22 heavy (non-hydrogen) atoms. The maximum atomic E-state index is 5.96. The van der Waals surface area contributed by atoms with Gasteiger partial charge in [-0.3, -0.25) is 0 Å². The maximum Gasteiger partial charge on any atom is 0.222 e. The molecule has 0 amide bonds. The van der Waals surface area contributed by atoms with Crippen molar-refractivity contribution in [2.45, 2.75) is 25.7 Å². The molecule has 0 radical (unpaired) electrons. The summed E-state index contributed by atoms with van der Waals surface area (Å²) in [6.07, 6.45) is 4.52. The Morgan fingerprint density at radius 2 is 2.23 bits per heavy atom. The predicted molar refractivity (Wildman–Crippen MR) is 83.9 cm³/mol. The number of nitrogen functional groups attached to an aromatic ring is 1. The minimum Gasteiger partial charge on any atom is -0.384 e. The number of aromatic nitrogens is 2. The van der Waals surface area contributed by atoms with E-state index in [0.29, 0.717) is 11.9 Å². The first-order chi connectivity index (χ1) is 10.7. The lowest BCUT2D eigenvalue weighted by atomic mass is 9.82. The number of methoxy groups -OCH3 is 1. The Labute approximate surface area is 131 Å². The number of fused-ring (bicyclic) bond motifs is 2. The highest BCUT2D eigenvalue weighted by Crippen LogP contribution is 2.44. The monoisotopic (exact) mass is 304 g/mol. The number of hydrogen-bond donors (Lipinski definition) is 1. The fourth-order valence-electron chi connectivity index (χ4n) is 4.34. The molecule has 4 rings (SSSR count). The molecule has 0 bridgehead atoms. The SMILES string of the molecule is COC[C@@]12COC[C@@H]1CN(c1nc(N)nc3c1CCCC3)C2. The second-order valence-electron chi connectivity index (χ2n) is 6.93. The molecule has 1 aliphatic carbocycles. The highest BCUT2D eigenvalue weighted by Gasteiger charge is 2.51.